The van der Waals surface area contributed by atoms with Gasteiger partial charge in [0.05, 0.1) is 17.9 Å². The molecule has 2 N–H and O–H groups in total. The van der Waals surface area contributed by atoms with E-state index in [2.05, 4.69) is 20.8 Å². The Kier molecular flexibility index (Phi) is 23.1. The second-order valence-electron chi connectivity index (χ2n) is 12.5. The summed E-state index contributed by atoms with van der Waals surface area (Å²) in [5.41, 5.74) is 1.11. The topological polar surface area (TPSA) is 172 Å². The lowest BCUT2D eigenvalue weighted by atomic mass is 9.96. The molecule has 0 spiro atoms. The lowest BCUT2D eigenvalue weighted by Crippen LogP contribution is -2.25. The lowest BCUT2D eigenvalue weighted by Gasteiger charge is -2.10. The largest absolute Gasteiger partial charge is 0.481 e. The van der Waals surface area contributed by atoms with E-state index in [1.54, 1.807) is 6.92 Å². The molecule has 1 atom stereocenters. The van der Waals surface area contributed by atoms with E-state index in [9.17, 15) is 27.6 Å². The first kappa shape index (κ1) is 40.5. The highest BCUT2D eigenvalue weighted by atomic mass is 32.2. The average molecular weight is 657 g/mol. The maximum atomic E-state index is 12.3. The molecule has 0 aliphatic carbocycles. The van der Waals surface area contributed by atoms with Crippen LogP contribution in [0, 0.1) is 5.92 Å². The molecule has 11 nitrogen and oxygen atoms in total. The zero-order valence-corrected chi connectivity index (χ0v) is 28.4. The Labute approximate surface area is 272 Å². The molecule has 45 heavy (non-hydrogen) atoms. The minimum Gasteiger partial charge on any atom is -0.481 e. The summed E-state index contributed by atoms with van der Waals surface area (Å²) in [7, 11) is -3.52. The number of nitrogens with one attached hydrogen (secondary N) is 1. The first-order valence-electron chi connectivity index (χ1n) is 17.2. The van der Waals surface area contributed by atoms with Crippen LogP contribution in [-0.2, 0) is 29.0 Å². The number of carboxylic acids is 1. The summed E-state index contributed by atoms with van der Waals surface area (Å²) in [6.45, 7) is 2.91. The third-order valence-corrected chi connectivity index (χ3v) is 9.86. The fourth-order valence-electron chi connectivity index (χ4n) is 5.34. The number of carbonyl (C=O) groups excluding carboxylic acids is 3. The highest BCUT2D eigenvalue weighted by Gasteiger charge is 2.17. The van der Waals surface area contributed by atoms with Crippen LogP contribution in [0.25, 0.3) is 0 Å². The number of carbonyl (C=O) groups is 4. The fourth-order valence-corrected chi connectivity index (χ4v) is 6.70. The van der Waals surface area contributed by atoms with Gasteiger partial charge in [-0.1, -0.05) is 84.0 Å². The molecule has 0 bridgehead atoms. The zero-order valence-electron chi connectivity index (χ0n) is 27.6. The third-order valence-electron chi connectivity index (χ3n) is 8.18. The Hall–Kier alpha value is -2.50. The summed E-state index contributed by atoms with van der Waals surface area (Å²) in [4.78, 5) is 46.6. The van der Waals surface area contributed by atoms with E-state index < -0.39 is 21.6 Å². The highest BCUT2D eigenvalue weighted by Crippen LogP contribution is 2.15. The SMILES string of the molecule is C[C@H](CCCCNC(=O)CCCS(=O)(=O)CC(=O)CCCCCCCCCCCCCCCC1=NN=NC1)C(=O)CCC(=O)O.[HH]. The van der Waals surface area contributed by atoms with Gasteiger partial charge in [0, 0.05) is 33.2 Å². The lowest BCUT2D eigenvalue weighted by molar-refractivity contribution is -0.139. The molecule has 260 valence electrons. The van der Waals surface area contributed by atoms with Crippen molar-refractivity contribution >= 4 is 39.0 Å². The number of hydrogen-bond acceptors (Lipinski definition) is 9. The van der Waals surface area contributed by atoms with Crippen LogP contribution in [0.15, 0.2) is 15.4 Å². The van der Waals surface area contributed by atoms with E-state index in [1.165, 1.54) is 57.8 Å². The second kappa shape index (κ2) is 25.7. The van der Waals surface area contributed by atoms with Gasteiger partial charge >= 0.3 is 5.97 Å². The number of ketones is 2. The number of hydrogen-bond donors (Lipinski definition) is 2. The molecule has 1 heterocycles. The maximum absolute atomic E-state index is 12.3. The Bertz CT molecular complexity index is 1050. The second-order valence-corrected chi connectivity index (χ2v) is 14.7. The van der Waals surface area contributed by atoms with Gasteiger partial charge in [0.15, 0.2) is 9.84 Å². The van der Waals surface area contributed by atoms with Gasteiger partial charge in [-0.25, -0.2) is 8.42 Å². The normalized spacial score (nSPS) is 13.5. The number of Topliss-reactive ketones (excluding diaryl/α,β-unsaturated/α-hetero) is 2. The molecular formula is C33H60N4O7S. The monoisotopic (exact) mass is 656 g/mol. The van der Waals surface area contributed by atoms with Crippen molar-refractivity contribution in [3.63, 3.8) is 0 Å². The van der Waals surface area contributed by atoms with Crippen molar-refractivity contribution < 1.29 is 34.1 Å². The van der Waals surface area contributed by atoms with E-state index in [1.807, 2.05) is 0 Å². The molecule has 0 unspecified atom stereocenters. The molecule has 1 amide bonds. The average Bonchev–Trinajstić information content (AvgIpc) is 3.50. The van der Waals surface area contributed by atoms with E-state index in [0.29, 0.717) is 32.4 Å². The molecule has 0 fully saturated rings. The van der Waals surface area contributed by atoms with Crippen molar-refractivity contribution in [2.75, 3.05) is 24.6 Å². The first-order chi connectivity index (χ1) is 21.6. The zero-order chi connectivity index (χ0) is 33.2. The van der Waals surface area contributed by atoms with Crippen molar-refractivity contribution in [3.05, 3.63) is 0 Å². The van der Waals surface area contributed by atoms with Crippen LogP contribution in [0.2, 0.25) is 0 Å². The van der Waals surface area contributed by atoms with Gasteiger partial charge in [-0.15, -0.1) is 5.10 Å². The standard InChI is InChI=1S/C33H58N4O7S.H2/c1-28(31(39)22-23-33(41)42)18-15-16-24-34-32(40)21-17-25-45(43,44)27-30(38)20-14-12-10-8-6-4-2-3-5-7-9-11-13-19-29-26-35-37-36-29;/h28H,2-27H2,1H3,(H,34,40)(H,41,42);1H/t28-;/m1./s1. The molecule has 0 saturated carbocycles. The van der Waals surface area contributed by atoms with Crippen LogP contribution < -0.4 is 5.32 Å². The number of sulfone groups is 1. The molecular weight excluding hydrogens is 596 g/mol. The molecule has 1 rings (SSSR count). The Balaban J connectivity index is 0.0000202. The van der Waals surface area contributed by atoms with E-state index in [0.717, 1.165) is 44.2 Å². The fraction of sp³-hybridized carbons (Fsp3) is 0.848. The van der Waals surface area contributed by atoms with E-state index in [4.69, 9.17) is 5.11 Å². The molecule has 0 radical (unpaired) electrons. The summed E-state index contributed by atoms with van der Waals surface area (Å²) in [5, 5.41) is 22.9. The Morgan fingerprint density at radius 2 is 1.38 bits per heavy atom. The summed E-state index contributed by atoms with van der Waals surface area (Å²) in [6.07, 6.45) is 18.8. The number of rotatable bonds is 31. The smallest absolute Gasteiger partial charge is 0.303 e. The van der Waals surface area contributed by atoms with Crippen LogP contribution in [0.1, 0.15) is 150 Å². The van der Waals surface area contributed by atoms with Gasteiger partial charge in [0.25, 0.3) is 0 Å². The first-order valence-corrected chi connectivity index (χ1v) is 19.1. The van der Waals surface area contributed by atoms with Crippen molar-refractivity contribution in [2.45, 2.75) is 148 Å². The molecule has 1 aliphatic heterocycles. The van der Waals surface area contributed by atoms with Crippen LogP contribution >= 0.6 is 0 Å². The predicted octanol–water partition coefficient (Wildman–Crippen LogP) is 7.03. The van der Waals surface area contributed by atoms with Gasteiger partial charge in [0.1, 0.15) is 23.9 Å². The van der Waals surface area contributed by atoms with Crippen LogP contribution in [0.3, 0.4) is 0 Å². The van der Waals surface area contributed by atoms with Gasteiger partial charge in [-0.3, -0.25) is 19.2 Å². The van der Waals surface area contributed by atoms with Gasteiger partial charge < -0.3 is 10.4 Å². The van der Waals surface area contributed by atoms with Gasteiger partial charge in [-0.2, -0.15) is 5.11 Å². The number of carboxylic acid groups (broad SMARTS) is 1. The highest BCUT2D eigenvalue weighted by molar-refractivity contribution is 7.92. The van der Waals surface area contributed by atoms with E-state index in [-0.39, 0.29) is 56.3 Å². The quantitative estimate of drug-likeness (QED) is 0.0754. The minimum absolute atomic E-state index is 0. The number of aliphatic carboxylic acids is 1. The Morgan fingerprint density at radius 3 is 1.96 bits per heavy atom. The summed E-state index contributed by atoms with van der Waals surface area (Å²) in [6, 6.07) is 0. The summed E-state index contributed by atoms with van der Waals surface area (Å²) in [5.74, 6) is -2.34. The number of unbranched alkanes of at least 4 members (excludes halogenated alkanes) is 13. The third kappa shape index (κ3) is 24.4. The summed E-state index contributed by atoms with van der Waals surface area (Å²) < 4.78 is 24.6. The Morgan fingerprint density at radius 1 is 0.778 bits per heavy atom. The van der Waals surface area contributed by atoms with Crippen molar-refractivity contribution in [1.82, 2.24) is 5.32 Å². The van der Waals surface area contributed by atoms with Crippen LogP contribution in [0.5, 0.6) is 0 Å². The van der Waals surface area contributed by atoms with E-state index >= 15 is 0 Å². The molecule has 1 aliphatic rings. The van der Waals surface area contributed by atoms with Gasteiger partial charge in [-0.05, 0) is 43.7 Å². The molecule has 12 heteroatoms. The predicted molar refractivity (Wildman–Crippen MR) is 179 cm³/mol. The molecule has 0 aromatic carbocycles. The number of nitrogens with zero attached hydrogens (tertiary/aromatic N) is 3. The minimum atomic E-state index is -3.52. The summed E-state index contributed by atoms with van der Waals surface area (Å²) >= 11 is 0. The van der Waals surface area contributed by atoms with Gasteiger partial charge in [0.2, 0.25) is 5.91 Å². The van der Waals surface area contributed by atoms with Crippen LogP contribution in [-0.4, -0.2) is 67.3 Å². The van der Waals surface area contributed by atoms with Crippen LogP contribution in [0.4, 0.5) is 0 Å². The molecule has 0 saturated heterocycles. The molecule has 0 aromatic heterocycles. The number of amides is 1. The maximum Gasteiger partial charge on any atom is 0.303 e. The van der Waals surface area contributed by atoms with Crippen molar-refractivity contribution in [3.8, 4) is 0 Å². The van der Waals surface area contributed by atoms with Crippen molar-refractivity contribution in [2.24, 2.45) is 21.4 Å². The van der Waals surface area contributed by atoms with Crippen molar-refractivity contribution in [1.29, 1.82) is 0 Å². The molecule has 0 aromatic rings.